The highest BCUT2D eigenvalue weighted by Crippen LogP contribution is 2.29. The van der Waals surface area contributed by atoms with Gasteiger partial charge in [-0.05, 0) is 31.4 Å². The van der Waals surface area contributed by atoms with Gasteiger partial charge in [0.05, 0.1) is 11.3 Å². The summed E-state index contributed by atoms with van der Waals surface area (Å²) in [5.74, 6) is 0.727. The number of nitrogens with zero attached hydrogens (tertiary/aromatic N) is 1. The Morgan fingerprint density at radius 3 is 2.82 bits per heavy atom. The summed E-state index contributed by atoms with van der Waals surface area (Å²) in [5, 5.41) is 12.1. The van der Waals surface area contributed by atoms with E-state index >= 15 is 0 Å². The highest BCUT2D eigenvalue weighted by molar-refractivity contribution is 5.89. The van der Waals surface area contributed by atoms with E-state index in [-0.39, 0.29) is 5.56 Å². The standard InChI is InChI=1S/C13H18N2O2/c1-9-11(13(16)17)5-6-12(15-9)14-8-7-10-3-2-4-10/h5-6,10H,2-4,7-8H2,1H3,(H,14,15)(H,16,17). The van der Waals surface area contributed by atoms with Gasteiger partial charge in [-0.25, -0.2) is 9.78 Å². The molecule has 0 radical (unpaired) electrons. The molecular formula is C13H18N2O2. The van der Waals surface area contributed by atoms with E-state index in [0.717, 1.165) is 18.3 Å². The first kappa shape index (κ1) is 11.9. The van der Waals surface area contributed by atoms with Gasteiger partial charge < -0.3 is 10.4 Å². The number of anilines is 1. The van der Waals surface area contributed by atoms with Crippen LogP contribution < -0.4 is 5.32 Å². The molecule has 0 aliphatic heterocycles. The zero-order valence-corrected chi connectivity index (χ0v) is 10.1. The number of pyridine rings is 1. The Hall–Kier alpha value is -1.58. The van der Waals surface area contributed by atoms with E-state index in [1.54, 1.807) is 19.1 Å². The third-order valence-electron chi connectivity index (χ3n) is 3.40. The van der Waals surface area contributed by atoms with Gasteiger partial charge in [-0.3, -0.25) is 0 Å². The lowest BCUT2D eigenvalue weighted by Crippen LogP contribution is -2.16. The zero-order valence-electron chi connectivity index (χ0n) is 10.1. The molecule has 2 N–H and O–H groups in total. The van der Waals surface area contributed by atoms with E-state index in [1.165, 1.54) is 25.7 Å². The Bertz CT molecular complexity index is 414. The predicted molar refractivity (Wildman–Crippen MR) is 66.4 cm³/mol. The third-order valence-corrected chi connectivity index (χ3v) is 3.40. The first-order valence-corrected chi connectivity index (χ1v) is 6.11. The van der Waals surface area contributed by atoms with Crippen LogP contribution in [0, 0.1) is 12.8 Å². The molecule has 1 fully saturated rings. The maximum atomic E-state index is 10.8. The molecule has 0 atom stereocenters. The molecule has 4 heteroatoms. The van der Waals surface area contributed by atoms with Crippen molar-refractivity contribution in [3.05, 3.63) is 23.4 Å². The van der Waals surface area contributed by atoms with E-state index < -0.39 is 5.97 Å². The van der Waals surface area contributed by atoms with Crippen LogP contribution in [0.5, 0.6) is 0 Å². The highest BCUT2D eigenvalue weighted by atomic mass is 16.4. The Kier molecular flexibility index (Phi) is 3.61. The largest absolute Gasteiger partial charge is 0.478 e. The fourth-order valence-electron chi connectivity index (χ4n) is 2.07. The van der Waals surface area contributed by atoms with Crippen LogP contribution in [-0.4, -0.2) is 22.6 Å². The second kappa shape index (κ2) is 5.17. The van der Waals surface area contributed by atoms with Gasteiger partial charge in [-0.1, -0.05) is 19.3 Å². The molecule has 1 aromatic heterocycles. The van der Waals surface area contributed by atoms with E-state index in [2.05, 4.69) is 10.3 Å². The fraction of sp³-hybridized carbons (Fsp3) is 0.538. The van der Waals surface area contributed by atoms with Crippen molar-refractivity contribution in [2.24, 2.45) is 5.92 Å². The summed E-state index contributed by atoms with van der Waals surface area (Å²) in [6.07, 6.45) is 5.26. The molecule has 0 amide bonds. The molecule has 4 nitrogen and oxygen atoms in total. The zero-order chi connectivity index (χ0) is 12.3. The van der Waals surface area contributed by atoms with E-state index in [1.807, 2.05) is 0 Å². The number of rotatable bonds is 5. The number of nitrogens with one attached hydrogen (secondary N) is 1. The van der Waals surface area contributed by atoms with Crippen molar-refractivity contribution >= 4 is 11.8 Å². The van der Waals surface area contributed by atoms with Gasteiger partial charge >= 0.3 is 5.97 Å². The SMILES string of the molecule is Cc1nc(NCCC2CCC2)ccc1C(=O)O. The number of aryl methyl sites for hydroxylation is 1. The van der Waals surface area contributed by atoms with Crippen molar-refractivity contribution in [1.82, 2.24) is 4.98 Å². The smallest absolute Gasteiger partial charge is 0.337 e. The van der Waals surface area contributed by atoms with Gasteiger partial charge in [-0.2, -0.15) is 0 Å². The lowest BCUT2D eigenvalue weighted by molar-refractivity contribution is 0.0695. The number of hydrogen-bond donors (Lipinski definition) is 2. The molecule has 0 bridgehead atoms. The summed E-state index contributed by atoms with van der Waals surface area (Å²) in [7, 11) is 0. The Balaban J connectivity index is 1.88. The summed E-state index contributed by atoms with van der Waals surface area (Å²) in [6, 6.07) is 3.34. The van der Waals surface area contributed by atoms with Gasteiger partial charge in [0.2, 0.25) is 0 Å². The number of aromatic carboxylic acids is 1. The Labute approximate surface area is 101 Å². The molecule has 0 spiro atoms. The topological polar surface area (TPSA) is 62.2 Å². The van der Waals surface area contributed by atoms with Gasteiger partial charge in [0.1, 0.15) is 5.82 Å². The van der Waals surface area contributed by atoms with E-state index in [0.29, 0.717) is 5.69 Å². The van der Waals surface area contributed by atoms with Crippen LogP contribution in [0.1, 0.15) is 41.7 Å². The molecule has 0 unspecified atom stereocenters. The minimum Gasteiger partial charge on any atom is -0.478 e. The number of carbonyl (C=O) groups is 1. The lowest BCUT2D eigenvalue weighted by Gasteiger charge is -2.25. The first-order chi connectivity index (χ1) is 8.16. The van der Waals surface area contributed by atoms with Crippen LogP contribution >= 0.6 is 0 Å². The molecule has 1 saturated carbocycles. The maximum Gasteiger partial charge on any atom is 0.337 e. The first-order valence-electron chi connectivity index (χ1n) is 6.11. The monoisotopic (exact) mass is 234 g/mol. The van der Waals surface area contributed by atoms with Gasteiger partial charge in [0.15, 0.2) is 0 Å². The number of carboxylic acid groups (broad SMARTS) is 1. The van der Waals surface area contributed by atoms with E-state index in [4.69, 9.17) is 5.11 Å². The summed E-state index contributed by atoms with van der Waals surface area (Å²) in [5.41, 5.74) is 0.834. The van der Waals surface area contributed by atoms with Crippen molar-refractivity contribution in [3.8, 4) is 0 Å². The van der Waals surface area contributed by atoms with Crippen LogP contribution in [0.4, 0.5) is 5.82 Å². The molecular weight excluding hydrogens is 216 g/mol. The molecule has 0 saturated heterocycles. The van der Waals surface area contributed by atoms with Crippen LogP contribution in [0.3, 0.4) is 0 Å². The summed E-state index contributed by atoms with van der Waals surface area (Å²) in [6.45, 7) is 2.64. The maximum absolute atomic E-state index is 10.8. The molecule has 0 aromatic carbocycles. The van der Waals surface area contributed by atoms with Crippen molar-refractivity contribution in [2.75, 3.05) is 11.9 Å². The third kappa shape index (κ3) is 2.96. The normalized spacial score (nSPS) is 15.4. The van der Waals surface area contributed by atoms with Crippen LogP contribution in [-0.2, 0) is 0 Å². The minimum absolute atomic E-state index is 0.273. The second-order valence-electron chi connectivity index (χ2n) is 4.65. The van der Waals surface area contributed by atoms with Crippen LogP contribution in [0.2, 0.25) is 0 Å². The van der Waals surface area contributed by atoms with Crippen molar-refractivity contribution in [1.29, 1.82) is 0 Å². The van der Waals surface area contributed by atoms with Gasteiger partial charge in [0, 0.05) is 6.54 Å². The van der Waals surface area contributed by atoms with Gasteiger partial charge in [-0.15, -0.1) is 0 Å². The fourth-order valence-corrected chi connectivity index (χ4v) is 2.07. The number of carboxylic acids is 1. The minimum atomic E-state index is -0.920. The molecule has 1 heterocycles. The second-order valence-corrected chi connectivity index (χ2v) is 4.65. The average molecular weight is 234 g/mol. The molecule has 17 heavy (non-hydrogen) atoms. The summed E-state index contributed by atoms with van der Waals surface area (Å²) < 4.78 is 0. The Morgan fingerprint density at radius 2 is 2.29 bits per heavy atom. The average Bonchev–Trinajstić information content (AvgIpc) is 2.21. The van der Waals surface area contributed by atoms with Crippen molar-refractivity contribution in [2.45, 2.75) is 32.6 Å². The molecule has 1 aromatic rings. The van der Waals surface area contributed by atoms with Crippen LogP contribution in [0.15, 0.2) is 12.1 Å². The van der Waals surface area contributed by atoms with Crippen molar-refractivity contribution in [3.63, 3.8) is 0 Å². The number of aromatic nitrogens is 1. The molecule has 1 aliphatic rings. The van der Waals surface area contributed by atoms with Crippen LogP contribution in [0.25, 0.3) is 0 Å². The van der Waals surface area contributed by atoms with Gasteiger partial charge in [0.25, 0.3) is 0 Å². The summed E-state index contributed by atoms with van der Waals surface area (Å²) >= 11 is 0. The highest BCUT2D eigenvalue weighted by Gasteiger charge is 2.16. The molecule has 92 valence electrons. The van der Waals surface area contributed by atoms with E-state index in [9.17, 15) is 4.79 Å². The quantitative estimate of drug-likeness (QED) is 0.822. The van der Waals surface area contributed by atoms with Crippen molar-refractivity contribution < 1.29 is 9.90 Å². The molecule has 1 aliphatic carbocycles. The lowest BCUT2D eigenvalue weighted by atomic mass is 9.83. The predicted octanol–water partition coefficient (Wildman–Crippen LogP) is 2.69. The molecule has 2 rings (SSSR count). The summed E-state index contributed by atoms with van der Waals surface area (Å²) in [4.78, 5) is 15.1. The number of hydrogen-bond acceptors (Lipinski definition) is 3. The Morgan fingerprint density at radius 1 is 1.53 bits per heavy atom.